The van der Waals surface area contributed by atoms with Gasteiger partial charge in [0.15, 0.2) is 5.78 Å². The highest BCUT2D eigenvalue weighted by Crippen LogP contribution is 2.25. The van der Waals surface area contributed by atoms with E-state index in [4.69, 9.17) is 0 Å². The molecule has 160 valence electrons. The number of anilines is 1. The van der Waals surface area contributed by atoms with Crippen LogP contribution in [0.2, 0.25) is 0 Å². The summed E-state index contributed by atoms with van der Waals surface area (Å²) in [5.41, 5.74) is 4.85. The molecular formula is C25H26FN3O2. The van der Waals surface area contributed by atoms with Crippen LogP contribution in [0.5, 0.6) is 0 Å². The molecule has 0 aliphatic heterocycles. The van der Waals surface area contributed by atoms with Crippen LogP contribution in [0.3, 0.4) is 0 Å². The van der Waals surface area contributed by atoms with Crippen LogP contribution >= 0.6 is 0 Å². The van der Waals surface area contributed by atoms with Gasteiger partial charge >= 0.3 is 0 Å². The Labute approximate surface area is 182 Å². The minimum absolute atomic E-state index is 0.000237. The van der Waals surface area contributed by atoms with Crippen molar-refractivity contribution in [2.75, 3.05) is 11.9 Å². The first-order valence-corrected chi connectivity index (χ1v) is 10.3. The SMILES string of the molecule is CCC(=O)N(C)c1ccc(-c2ccc(C(=O)CCc3ccc(C)nc3C)cn2)cc1F. The molecule has 31 heavy (non-hydrogen) atoms. The van der Waals surface area contributed by atoms with Gasteiger partial charge in [0.25, 0.3) is 0 Å². The zero-order valence-electron chi connectivity index (χ0n) is 18.3. The van der Waals surface area contributed by atoms with E-state index in [0.717, 1.165) is 17.0 Å². The van der Waals surface area contributed by atoms with E-state index in [0.29, 0.717) is 36.1 Å². The van der Waals surface area contributed by atoms with Gasteiger partial charge in [-0.3, -0.25) is 19.6 Å². The number of aromatic nitrogens is 2. The van der Waals surface area contributed by atoms with Crippen LogP contribution in [0.15, 0.2) is 48.7 Å². The molecule has 1 amide bonds. The normalized spacial score (nSPS) is 10.7. The summed E-state index contributed by atoms with van der Waals surface area (Å²) < 4.78 is 14.5. The Kier molecular flexibility index (Phi) is 6.90. The van der Waals surface area contributed by atoms with E-state index in [1.807, 2.05) is 26.0 Å². The van der Waals surface area contributed by atoms with Crippen molar-refractivity contribution in [3.63, 3.8) is 0 Å². The average Bonchev–Trinajstić information content (AvgIpc) is 2.77. The fourth-order valence-electron chi connectivity index (χ4n) is 3.41. The van der Waals surface area contributed by atoms with Crippen LogP contribution in [-0.4, -0.2) is 28.7 Å². The third-order valence-corrected chi connectivity index (χ3v) is 5.32. The second kappa shape index (κ2) is 9.60. The van der Waals surface area contributed by atoms with Crippen molar-refractivity contribution in [1.82, 2.24) is 9.97 Å². The van der Waals surface area contributed by atoms with Gasteiger partial charge in [0.05, 0.1) is 11.4 Å². The molecule has 0 aliphatic rings. The van der Waals surface area contributed by atoms with Gasteiger partial charge in [-0.15, -0.1) is 0 Å². The third-order valence-electron chi connectivity index (χ3n) is 5.32. The van der Waals surface area contributed by atoms with Crippen molar-refractivity contribution >= 4 is 17.4 Å². The van der Waals surface area contributed by atoms with Gasteiger partial charge in [0.1, 0.15) is 5.82 Å². The Bertz CT molecular complexity index is 1110. The number of Topliss-reactive ketones (excluding diaryl/α,β-unsaturated/α-hetero) is 1. The van der Waals surface area contributed by atoms with Crippen LogP contribution in [0.25, 0.3) is 11.3 Å². The first-order chi connectivity index (χ1) is 14.8. The smallest absolute Gasteiger partial charge is 0.226 e. The van der Waals surface area contributed by atoms with E-state index < -0.39 is 5.82 Å². The summed E-state index contributed by atoms with van der Waals surface area (Å²) in [5, 5.41) is 0. The fraction of sp³-hybridized carbons (Fsp3) is 0.280. The van der Waals surface area contributed by atoms with E-state index in [1.54, 1.807) is 38.2 Å². The number of ketones is 1. The maximum absolute atomic E-state index is 14.5. The van der Waals surface area contributed by atoms with Crippen LogP contribution in [0, 0.1) is 19.7 Å². The van der Waals surface area contributed by atoms with Gasteiger partial charge in [0.2, 0.25) is 5.91 Å². The molecule has 0 spiro atoms. The predicted molar refractivity (Wildman–Crippen MR) is 120 cm³/mol. The van der Waals surface area contributed by atoms with Crippen LogP contribution < -0.4 is 4.90 Å². The van der Waals surface area contributed by atoms with Crippen molar-refractivity contribution in [1.29, 1.82) is 0 Å². The first-order valence-electron chi connectivity index (χ1n) is 10.3. The van der Waals surface area contributed by atoms with E-state index in [2.05, 4.69) is 9.97 Å². The van der Waals surface area contributed by atoms with Crippen LogP contribution in [-0.2, 0) is 11.2 Å². The van der Waals surface area contributed by atoms with Gasteiger partial charge < -0.3 is 4.90 Å². The number of hydrogen-bond donors (Lipinski definition) is 0. The third kappa shape index (κ3) is 5.20. The number of hydrogen-bond acceptors (Lipinski definition) is 4. The molecule has 0 bridgehead atoms. The Hall–Kier alpha value is -3.41. The second-order valence-corrected chi connectivity index (χ2v) is 7.52. The molecule has 1 aromatic carbocycles. The average molecular weight is 420 g/mol. The minimum atomic E-state index is -0.495. The van der Waals surface area contributed by atoms with Gasteiger partial charge in [-0.1, -0.05) is 19.1 Å². The molecule has 3 aromatic rings. The predicted octanol–water partition coefficient (Wildman–Crippen LogP) is 5.09. The molecule has 0 fully saturated rings. The Morgan fingerprint density at radius 1 is 1.06 bits per heavy atom. The number of nitrogens with zero attached hydrogens (tertiary/aromatic N) is 3. The summed E-state index contributed by atoms with van der Waals surface area (Å²) >= 11 is 0. The van der Waals surface area contributed by atoms with Gasteiger partial charge in [-0.25, -0.2) is 4.39 Å². The number of halogens is 1. The molecule has 0 atom stereocenters. The lowest BCUT2D eigenvalue weighted by Gasteiger charge is -2.17. The molecule has 0 unspecified atom stereocenters. The molecular weight excluding hydrogens is 393 g/mol. The first kappa shape index (κ1) is 22.3. The number of amides is 1. The molecule has 0 N–H and O–H groups in total. The highest BCUT2D eigenvalue weighted by molar-refractivity contribution is 5.96. The molecule has 0 saturated carbocycles. The van der Waals surface area contributed by atoms with Crippen molar-refractivity contribution in [3.05, 3.63) is 77.0 Å². The number of pyridine rings is 2. The lowest BCUT2D eigenvalue weighted by molar-refractivity contribution is -0.118. The largest absolute Gasteiger partial charge is 0.313 e. The van der Waals surface area contributed by atoms with Crippen LogP contribution in [0.4, 0.5) is 10.1 Å². The highest BCUT2D eigenvalue weighted by Gasteiger charge is 2.15. The molecule has 2 heterocycles. The van der Waals surface area contributed by atoms with Gasteiger partial charge in [-0.2, -0.15) is 0 Å². The van der Waals surface area contributed by atoms with Crippen LogP contribution in [0.1, 0.15) is 47.1 Å². The molecule has 6 heteroatoms. The van der Waals surface area contributed by atoms with Gasteiger partial charge in [-0.05, 0) is 56.2 Å². The Balaban J connectivity index is 1.70. The Morgan fingerprint density at radius 3 is 2.45 bits per heavy atom. The number of carbonyl (C=O) groups is 2. The maximum atomic E-state index is 14.5. The molecule has 5 nitrogen and oxygen atoms in total. The number of rotatable bonds is 7. The number of benzene rings is 1. The lowest BCUT2D eigenvalue weighted by Crippen LogP contribution is -2.25. The summed E-state index contributed by atoms with van der Waals surface area (Å²) in [6.45, 7) is 5.62. The van der Waals surface area contributed by atoms with E-state index in [-0.39, 0.29) is 17.4 Å². The zero-order valence-corrected chi connectivity index (χ0v) is 18.3. The summed E-state index contributed by atoms with van der Waals surface area (Å²) in [5.74, 6) is -0.657. The molecule has 0 radical (unpaired) electrons. The standard InChI is InChI=1S/C25H26FN3O2/c1-5-25(31)29(4)23-12-9-19(14-21(23)26)22-11-8-20(15-27-22)24(30)13-10-18-7-6-16(2)28-17(18)3/h6-9,11-12,14-15H,5,10,13H2,1-4H3. The second-order valence-electron chi connectivity index (χ2n) is 7.52. The fourth-order valence-corrected chi connectivity index (χ4v) is 3.41. The monoisotopic (exact) mass is 419 g/mol. The maximum Gasteiger partial charge on any atom is 0.226 e. The zero-order chi connectivity index (χ0) is 22.5. The van der Waals surface area contributed by atoms with E-state index >= 15 is 0 Å². The minimum Gasteiger partial charge on any atom is -0.313 e. The van der Waals surface area contributed by atoms with Crippen molar-refractivity contribution in [2.24, 2.45) is 0 Å². The summed E-state index contributed by atoms with van der Waals surface area (Å²) in [6.07, 6.45) is 2.81. The molecule has 3 rings (SSSR count). The Morgan fingerprint density at radius 2 is 1.84 bits per heavy atom. The topological polar surface area (TPSA) is 63.2 Å². The quantitative estimate of drug-likeness (QED) is 0.501. The van der Waals surface area contributed by atoms with E-state index in [1.165, 1.54) is 17.2 Å². The molecule has 2 aromatic heterocycles. The summed E-state index contributed by atoms with van der Waals surface area (Å²) in [7, 11) is 1.55. The van der Waals surface area contributed by atoms with E-state index in [9.17, 15) is 14.0 Å². The summed E-state index contributed by atoms with van der Waals surface area (Å²) in [6, 6.07) is 12.0. The van der Waals surface area contributed by atoms with Crippen molar-refractivity contribution in [3.8, 4) is 11.3 Å². The van der Waals surface area contributed by atoms with Crippen molar-refractivity contribution in [2.45, 2.75) is 40.0 Å². The van der Waals surface area contributed by atoms with Crippen molar-refractivity contribution < 1.29 is 14.0 Å². The molecule has 0 aliphatic carbocycles. The number of carbonyl (C=O) groups excluding carboxylic acids is 2. The van der Waals surface area contributed by atoms with Gasteiger partial charge in [0, 0.05) is 48.6 Å². The number of aryl methyl sites for hydroxylation is 3. The lowest BCUT2D eigenvalue weighted by atomic mass is 10.0. The highest BCUT2D eigenvalue weighted by atomic mass is 19.1. The molecule has 0 saturated heterocycles. The summed E-state index contributed by atoms with van der Waals surface area (Å²) in [4.78, 5) is 34.4.